The summed E-state index contributed by atoms with van der Waals surface area (Å²) in [7, 11) is 0. The zero-order valence-corrected chi connectivity index (χ0v) is 15.1. The minimum atomic E-state index is 0.512. The maximum absolute atomic E-state index is 4.51. The van der Waals surface area contributed by atoms with E-state index in [-0.39, 0.29) is 0 Å². The molecule has 2 rings (SSSR count). The normalized spacial score (nSPS) is 20.9. The van der Waals surface area contributed by atoms with Crippen molar-refractivity contribution in [2.24, 2.45) is 5.92 Å². The molecule has 1 N–H and O–H groups in total. The summed E-state index contributed by atoms with van der Waals surface area (Å²) in [6.07, 6.45) is 3.88. The van der Waals surface area contributed by atoms with Crippen molar-refractivity contribution in [3.63, 3.8) is 0 Å². The first-order valence-electron chi connectivity index (χ1n) is 8.00. The lowest BCUT2D eigenvalue weighted by Gasteiger charge is -2.30. The number of hydrogen-bond donors (Lipinski definition) is 1. The molecule has 1 aromatic rings. The number of nitrogens with zero attached hydrogens (tertiary/aromatic N) is 3. The fraction of sp³-hybridized carbons (Fsp3) is 0.867. The van der Waals surface area contributed by atoms with Gasteiger partial charge in [0.05, 0.1) is 0 Å². The molecule has 21 heavy (non-hydrogen) atoms. The number of aromatic nitrogens is 3. The van der Waals surface area contributed by atoms with Gasteiger partial charge in [0.2, 0.25) is 0 Å². The van der Waals surface area contributed by atoms with E-state index >= 15 is 0 Å². The summed E-state index contributed by atoms with van der Waals surface area (Å²) in [5.41, 5.74) is 0. The minimum absolute atomic E-state index is 0.512. The molecule has 0 aromatic carbocycles. The summed E-state index contributed by atoms with van der Waals surface area (Å²) in [6, 6.07) is 0.512. The number of thioether (sulfide) groups is 2. The Morgan fingerprint density at radius 1 is 1.43 bits per heavy atom. The second-order valence-electron chi connectivity index (χ2n) is 6.00. The second-order valence-corrected chi connectivity index (χ2v) is 8.50. The van der Waals surface area contributed by atoms with Crippen molar-refractivity contribution < 1.29 is 0 Å². The van der Waals surface area contributed by atoms with Gasteiger partial charge in [0.1, 0.15) is 12.2 Å². The Labute approximate surface area is 137 Å². The highest BCUT2D eigenvalue weighted by Crippen LogP contribution is 2.27. The van der Waals surface area contributed by atoms with Crippen LogP contribution in [0.3, 0.4) is 0 Å². The molecule has 1 aliphatic heterocycles. The molecule has 1 aromatic heterocycles. The van der Waals surface area contributed by atoms with E-state index in [9.17, 15) is 0 Å². The monoisotopic (exact) mass is 328 g/mol. The highest BCUT2D eigenvalue weighted by atomic mass is 32.2. The van der Waals surface area contributed by atoms with Crippen LogP contribution in [0.2, 0.25) is 0 Å². The predicted molar refractivity (Wildman–Crippen MR) is 94.2 cm³/mol. The van der Waals surface area contributed by atoms with Gasteiger partial charge in [-0.1, -0.05) is 20.8 Å². The van der Waals surface area contributed by atoms with Crippen molar-refractivity contribution in [2.45, 2.75) is 51.4 Å². The molecule has 0 aliphatic carbocycles. The maximum atomic E-state index is 4.51. The molecule has 1 aliphatic rings. The molecule has 2 unspecified atom stereocenters. The number of hydrogen-bond acceptors (Lipinski definition) is 5. The van der Waals surface area contributed by atoms with Gasteiger partial charge in [-0.2, -0.15) is 28.6 Å². The van der Waals surface area contributed by atoms with Crippen molar-refractivity contribution in [3.05, 3.63) is 12.2 Å². The first-order valence-corrected chi connectivity index (χ1v) is 10.2. The Morgan fingerprint density at radius 2 is 2.29 bits per heavy atom. The molecule has 0 saturated carbocycles. The third-order valence-corrected chi connectivity index (χ3v) is 6.50. The Kier molecular flexibility index (Phi) is 7.40. The lowest BCUT2D eigenvalue weighted by Crippen LogP contribution is -2.43. The zero-order chi connectivity index (χ0) is 15.1. The van der Waals surface area contributed by atoms with E-state index in [0.29, 0.717) is 17.2 Å². The average molecular weight is 329 g/mol. The van der Waals surface area contributed by atoms with Gasteiger partial charge in [-0.3, -0.25) is 0 Å². The Hall–Kier alpha value is -0.200. The lowest BCUT2D eigenvalue weighted by molar-refractivity contribution is 0.438. The van der Waals surface area contributed by atoms with Crippen LogP contribution < -0.4 is 5.32 Å². The maximum Gasteiger partial charge on any atom is 0.138 e. The molecule has 1 saturated heterocycles. The van der Waals surface area contributed by atoms with E-state index in [1.54, 1.807) is 6.33 Å². The number of rotatable bonds is 8. The molecule has 0 spiro atoms. The molecular weight excluding hydrogens is 300 g/mol. The number of nitrogens with one attached hydrogen (secondary N) is 1. The smallest absolute Gasteiger partial charge is 0.138 e. The van der Waals surface area contributed by atoms with Crippen LogP contribution in [-0.4, -0.2) is 49.9 Å². The fourth-order valence-electron chi connectivity index (χ4n) is 2.54. The lowest BCUT2D eigenvalue weighted by atomic mass is 10.1. The van der Waals surface area contributed by atoms with Crippen molar-refractivity contribution in [1.29, 1.82) is 0 Å². The van der Waals surface area contributed by atoms with E-state index in [1.807, 2.05) is 0 Å². The molecule has 2 heterocycles. The van der Waals surface area contributed by atoms with E-state index < -0.39 is 0 Å². The van der Waals surface area contributed by atoms with Crippen molar-refractivity contribution in [1.82, 2.24) is 20.1 Å². The summed E-state index contributed by atoms with van der Waals surface area (Å²) in [6.45, 7) is 8.74. The van der Waals surface area contributed by atoms with Crippen molar-refractivity contribution in [2.75, 3.05) is 23.8 Å². The van der Waals surface area contributed by atoms with Crippen LogP contribution in [0, 0.1) is 5.92 Å². The molecule has 0 amide bonds. The van der Waals surface area contributed by atoms with Gasteiger partial charge >= 0.3 is 0 Å². The molecule has 4 nitrogen and oxygen atoms in total. The van der Waals surface area contributed by atoms with Crippen molar-refractivity contribution in [3.8, 4) is 0 Å². The Bertz CT molecular complexity index is 402. The molecule has 0 bridgehead atoms. The van der Waals surface area contributed by atoms with Gasteiger partial charge in [0.15, 0.2) is 0 Å². The second kappa shape index (κ2) is 9.06. The van der Waals surface area contributed by atoms with Crippen LogP contribution in [0.4, 0.5) is 0 Å². The summed E-state index contributed by atoms with van der Waals surface area (Å²) < 4.78 is 2.09. The first kappa shape index (κ1) is 17.2. The summed E-state index contributed by atoms with van der Waals surface area (Å²) >= 11 is 4.21. The predicted octanol–water partition coefficient (Wildman–Crippen LogP) is 2.69. The van der Waals surface area contributed by atoms with Crippen LogP contribution in [0.1, 0.15) is 33.0 Å². The van der Waals surface area contributed by atoms with Gasteiger partial charge in [0.25, 0.3) is 0 Å². The van der Waals surface area contributed by atoms with Crippen LogP contribution in [0.15, 0.2) is 6.33 Å². The summed E-state index contributed by atoms with van der Waals surface area (Å²) in [4.78, 5) is 4.51. The van der Waals surface area contributed by atoms with E-state index in [0.717, 1.165) is 25.3 Å². The van der Waals surface area contributed by atoms with Gasteiger partial charge < -0.3 is 5.32 Å². The average Bonchev–Trinajstić information content (AvgIpc) is 2.90. The minimum Gasteiger partial charge on any atom is -0.312 e. The Morgan fingerprint density at radius 3 is 2.95 bits per heavy atom. The molecule has 120 valence electrons. The molecule has 2 atom stereocenters. The van der Waals surface area contributed by atoms with Crippen LogP contribution in [0.5, 0.6) is 0 Å². The Balaban J connectivity index is 2.01. The molecule has 1 fully saturated rings. The zero-order valence-electron chi connectivity index (χ0n) is 13.4. The molecule has 6 heteroatoms. The van der Waals surface area contributed by atoms with Gasteiger partial charge in [-0.15, -0.1) is 0 Å². The fourth-order valence-corrected chi connectivity index (χ4v) is 5.43. The van der Waals surface area contributed by atoms with Gasteiger partial charge in [0, 0.05) is 41.5 Å². The first-order chi connectivity index (χ1) is 10.2. The van der Waals surface area contributed by atoms with Crippen LogP contribution >= 0.6 is 23.5 Å². The van der Waals surface area contributed by atoms with Crippen molar-refractivity contribution >= 4 is 23.5 Å². The third-order valence-electron chi connectivity index (χ3n) is 3.58. The molecule has 0 radical (unpaired) electrons. The molecular formula is C15H28N4S2. The van der Waals surface area contributed by atoms with Crippen LogP contribution in [0.25, 0.3) is 0 Å². The highest BCUT2D eigenvalue weighted by molar-refractivity contribution is 8.06. The largest absolute Gasteiger partial charge is 0.312 e. The van der Waals surface area contributed by atoms with Gasteiger partial charge in [-0.25, -0.2) is 9.67 Å². The van der Waals surface area contributed by atoms with E-state index in [2.05, 4.69) is 64.4 Å². The topological polar surface area (TPSA) is 42.7 Å². The summed E-state index contributed by atoms with van der Waals surface area (Å²) in [5.74, 6) is 5.56. The highest BCUT2D eigenvalue weighted by Gasteiger charge is 2.26. The van der Waals surface area contributed by atoms with E-state index in [1.165, 1.54) is 23.7 Å². The third kappa shape index (κ3) is 5.49. The standard InChI is InChI=1S/C15H28N4S2/c1-4-5-16-13(14-10-20-6-7-21-14)8-15-17-11-18-19(15)9-12(2)3/h11-14,16H,4-10H2,1-3H3. The SMILES string of the molecule is CCCNC(Cc1ncnn1CC(C)C)C1CSCCS1. The quantitative estimate of drug-likeness (QED) is 0.795. The van der Waals surface area contributed by atoms with Crippen LogP contribution in [-0.2, 0) is 13.0 Å². The summed E-state index contributed by atoms with van der Waals surface area (Å²) in [5, 5.41) is 8.84. The van der Waals surface area contributed by atoms with E-state index in [4.69, 9.17) is 0 Å². The van der Waals surface area contributed by atoms with Gasteiger partial charge in [-0.05, 0) is 18.9 Å².